The van der Waals surface area contributed by atoms with Gasteiger partial charge in [0.25, 0.3) is 5.56 Å². The van der Waals surface area contributed by atoms with Gasteiger partial charge in [0.2, 0.25) is 5.91 Å². The van der Waals surface area contributed by atoms with Crippen LogP contribution in [0.15, 0.2) is 66.0 Å². The number of carbonyl (C=O) groups is 1. The lowest BCUT2D eigenvalue weighted by Crippen LogP contribution is -2.48. The first-order valence-corrected chi connectivity index (χ1v) is 9.70. The standard InChI is InChI=1S/C23H21F2N3O2/c1-2-22(29)27-11-9-26(10-12-27)20-14-23(30)28(15-16-3-5-17(24)6-4-16)21-13-18(25)7-8-19(20)21/h2-8,13-14H,1,9-12,15H2. The molecule has 1 aliphatic heterocycles. The molecule has 0 aliphatic carbocycles. The van der Waals surface area contributed by atoms with Crippen molar-refractivity contribution in [2.24, 2.45) is 0 Å². The van der Waals surface area contributed by atoms with Gasteiger partial charge >= 0.3 is 0 Å². The molecule has 0 N–H and O–H groups in total. The fourth-order valence-electron chi connectivity index (χ4n) is 3.83. The monoisotopic (exact) mass is 409 g/mol. The molecule has 0 radical (unpaired) electrons. The van der Waals surface area contributed by atoms with Gasteiger partial charge in [0.1, 0.15) is 11.6 Å². The van der Waals surface area contributed by atoms with Crippen LogP contribution in [-0.4, -0.2) is 41.6 Å². The zero-order chi connectivity index (χ0) is 21.3. The topological polar surface area (TPSA) is 45.6 Å². The molecule has 1 saturated heterocycles. The molecule has 0 bridgehead atoms. The summed E-state index contributed by atoms with van der Waals surface area (Å²) in [6.07, 6.45) is 1.30. The number of piperazine rings is 1. The van der Waals surface area contributed by atoms with Crippen molar-refractivity contribution in [3.05, 3.63) is 88.7 Å². The molecule has 0 unspecified atom stereocenters. The van der Waals surface area contributed by atoms with E-state index in [1.807, 2.05) is 4.90 Å². The van der Waals surface area contributed by atoms with E-state index in [1.165, 1.54) is 34.9 Å². The normalized spacial score (nSPS) is 14.2. The molecule has 2 aromatic carbocycles. The predicted octanol–water partition coefficient (Wildman–Crippen LogP) is 3.16. The molecule has 1 aromatic heterocycles. The van der Waals surface area contributed by atoms with Crippen LogP contribution in [0.3, 0.4) is 0 Å². The summed E-state index contributed by atoms with van der Waals surface area (Å²) in [4.78, 5) is 28.5. The highest BCUT2D eigenvalue weighted by Gasteiger charge is 2.22. The Morgan fingerprint density at radius 3 is 2.30 bits per heavy atom. The van der Waals surface area contributed by atoms with Crippen LogP contribution in [0.5, 0.6) is 0 Å². The van der Waals surface area contributed by atoms with Crippen molar-refractivity contribution >= 4 is 22.5 Å². The van der Waals surface area contributed by atoms with Gasteiger partial charge in [-0.05, 0) is 42.0 Å². The fraction of sp³-hybridized carbons (Fsp3) is 0.217. The Balaban J connectivity index is 1.73. The summed E-state index contributed by atoms with van der Waals surface area (Å²) in [5.41, 5.74) is 1.67. The third-order valence-electron chi connectivity index (χ3n) is 5.41. The summed E-state index contributed by atoms with van der Waals surface area (Å²) in [6.45, 7) is 5.89. The molecule has 0 atom stereocenters. The van der Waals surface area contributed by atoms with Crippen LogP contribution < -0.4 is 10.5 Å². The highest BCUT2D eigenvalue weighted by molar-refractivity contribution is 5.92. The van der Waals surface area contributed by atoms with Crippen molar-refractivity contribution in [3.8, 4) is 0 Å². The predicted molar refractivity (Wildman–Crippen MR) is 113 cm³/mol. The molecule has 1 aliphatic rings. The van der Waals surface area contributed by atoms with E-state index >= 15 is 0 Å². The highest BCUT2D eigenvalue weighted by atomic mass is 19.1. The van der Waals surface area contributed by atoms with Crippen molar-refractivity contribution in [1.82, 2.24) is 9.47 Å². The zero-order valence-corrected chi connectivity index (χ0v) is 16.4. The molecule has 5 nitrogen and oxygen atoms in total. The average Bonchev–Trinajstić information content (AvgIpc) is 2.76. The van der Waals surface area contributed by atoms with Gasteiger partial charge in [-0.2, -0.15) is 0 Å². The second-order valence-corrected chi connectivity index (χ2v) is 7.26. The SMILES string of the molecule is C=CC(=O)N1CCN(c2cc(=O)n(Cc3ccc(F)cc3)c3cc(F)ccc23)CC1. The number of amides is 1. The number of hydrogen-bond donors (Lipinski definition) is 0. The summed E-state index contributed by atoms with van der Waals surface area (Å²) in [5, 5.41) is 0.751. The first kappa shape index (κ1) is 19.8. The number of halogens is 2. The van der Waals surface area contributed by atoms with Crippen molar-refractivity contribution in [2.45, 2.75) is 6.54 Å². The van der Waals surface area contributed by atoms with Crippen LogP contribution >= 0.6 is 0 Å². The van der Waals surface area contributed by atoms with Crippen LogP contribution in [0.2, 0.25) is 0 Å². The molecule has 4 rings (SSSR count). The van der Waals surface area contributed by atoms with Gasteiger partial charge in [-0.15, -0.1) is 0 Å². The first-order valence-electron chi connectivity index (χ1n) is 9.70. The third kappa shape index (κ3) is 3.83. The molecular weight excluding hydrogens is 388 g/mol. The molecule has 1 fully saturated rings. The number of nitrogens with zero attached hydrogens (tertiary/aromatic N) is 3. The van der Waals surface area contributed by atoms with Crippen molar-refractivity contribution in [1.29, 1.82) is 0 Å². The van der Waals surface area contributed by atoms with Gasteiger partial charge in [0, 0.05) is 37.6 Å². The lowest BCUT2D eigenvalue weighted by atomic mass is 10.1. The quantitative estimate of drug-likeness (QED) is 0.622. The van der Waals surface area contributed by atoms with Crippen LogP contribution in [-0.2, 0) is 11.3 Å². The van der Waals surface area contributed by atoms with Gasteiger partial charge in [-0.25, -0.2) is 8.78 Å². The van der Waals surface area contributed by atoms with Gasteiger partial charge in [0.05, 0.1) is 17.7 Å². The molecule has 7 heteroatoms. The summed E-state index contributed by atoms with van der Waals surface area (Å²) in [5.74, 6) is -0.906. The summed E-state index contributed by atoms with van der Waals surface area (Å²) in [7, 11) is 0. The Morgan fingerprint density at radius 2 is 1.63 bits per heavy atom. The molecule has 2 heterocycles. The number of pyridine rings is 1. The van der Waals surface area contributed by atoms with Crippen LogP contribution in [0.25, 0.3) is 10.9 Å². The number of hydrogen-bond acceptors (Lipinski definition) is 3. The Kier molecular flexibility index (Phi) is 5.35. The molecule has 30 heavy (non-hydrogen) atoms. The Labute approximate surface area is 172 Å². The molecule has 0 spiro atoms. The largest absolute Gasteiger partial charge is 0.367 e. The first-order chi connectivity index (χ1) is 14.5. The van der Waals surface area contributed by atoms with Gasteiger partial charge in [-0.1, -0.05) is 18.7 Å². The van der Waals surface area contributed by atoms with E-state index in [1.54, 1.807) is 29.2 Å². The zero-order valence-electron chi connectivity index (χ0n) is 16.4. The van der Waals surface area contributed by atoms with E-state index in [2.05, 4.69) is 6.58 Å². The lowest BCUT2D eigenvalue weighted by Gasteiger charge is -2.36. The van der Waals surface area contributed by atoms with Crippen molar-refractivity contribution < 1.29 is 13.6 Å². The summed E-state index contributed by atoms with van der Waals surface area (Å²) < 4.78 is 28.8. The Morgan fingerprint density at radius 1 is 0.967 bits per heavy atom. The minimum absolute atomic E-state index is 0.115. The van der Waals surface area contributed by atoms with E-state index in [4.69, 9.17) is 0 Å². The maximum atomic E-state index is 14.1. The highest BCUT2D eigenvalue weighted by Crippen LogP contribution is 2.27. The van der Waals surface area contributed by atoms with Gasteiger partial charge in [0.15, 0.2) is 0 Å². The van der Waals surface area contributed by atoms with Gasteiger partial charge < -0.3 is 14.4 Å². The van der Waals surface area contributed by atoms with Crippen molar-refractivity contribution in [2.75, 3.05) is 31.1 Å². The lowest BCUT2D eigenvalue weighted by molar-refractivity contribution is -0.126. The smallest absolute Gasteiger partial charge is 0.253 e. The van der Waals surface area contributed by atoms with Crippen LogP contribution in [0.4, 0.5) is 14.5 Å². The fourth-order valence-corrected chi connectivity index (χ4v) is 3.83. The van der Waals surface area contributed by atoms with Crippen molar-refractivity contribution in [3.63, 3.8) is 0 Å². The van der Waals surface area contributed by atoms with E-state index in [0.717, 1.165) is 16.6 Å². The number of rotatable bonds is 4. The molecule has 154 valence electrons. The third-order valence-corrected chi connectivity index (χ3v) is 5.41. The minimum Gasteiger partial charge on any atom is -0.367 e. The average molecular weight is 409 g/mol. The molecule has 3 aromatic rings. The molecular formula is C23H21F2N3O2. The Hall–Kier alpha value is -3.48. The van der Waals surface area contributed by atoms with Gasteiger partial charge in [-0.3, -0.25) is 9.59 Å². The second-order valence-electron chi connectivity index (χ2n) is 7.26. The van der Waals surface area contributed by atoms with Crippen LogP contribution in [0.1, 0.15) is 5.56 Å². The van der Waals surface area contributed by atoms with E-state index in [-0.39, 0.29) is 23.8 Å². The van der Waals surface area contributed by atoms with E-state index < -0.39 is 5.82 Å². The maximum Gasteiger partial charge on any atom is 0.253 e. The number of benzene rings is 2. The summed E-state index contributed by atoms with van der Waals surface area (Å²) >= 11 is 0. The maximum absolute atomic E-state index is 14.1. The summed E-state index contributed by atoms with van der Waals surface area (Å²) in [6, 6.07) is 11.8. The number of fused-ring (bicyclic) bond motifs is 1. The Bertz CT molecular complexity index is 1160. The number of anilines is 1. The molecule has 1 amide bonds. The molecule has 0 saturated carbocycles. The number of aromatic nitrogens is 1. The second kappa shape index (κ2) is 8.10. The van der Waals surface area contributed by atoms with E-state index in [0.29, 0.717) is 31.7 Å². The number of carbonyl (C=O) groups excluding carboxylic acids is 1. The minimum atomic E-state index is -0.437. The van der Waals surface area contributed by atoms with Crippen LogP contribution in [0, 0.1) is 11.6 Å². The van der Waals surface area contributed by atoms with E-state index in [9.17, 15) is 18.4 Å².